The van der Waals surface area contributed by atoms with Crippen molar-refractivity contribution < 1.29 is 14.3 Å². The summed E-state index contributed by atoms with van der Waals surface area (Å²) in [6, 6.07) is 0. The Morgan fingerprint density at radius 2 is 2.07 bits per heavy atom. The van der Waals surface area contributed by atoms with Gasteiger partial charge in [0.05, 0.1) is 6.42 Å². The molecule has 0 unspecified atom stereocenters. The van der Waals surface area contributed by atoms with E-state index < -0.39 is 5.97 Å². The maximum Gasteiger partial charge on any atom is 0.307 e. The molecule has 1 aromatic rings. The number of carboxylic acids is 1. The Morgan fingerprint density at radius 3 is 2.80 bits per heavy atom. The van der Waals surface area contributed by atoms with Crippen molar-refractivity contribution in [3.05, 3.63) is 22.6 Å². The van der Waals surface area contributed by atoms with Crippen LogP contribution in [0.15, 0.2) is 4.42 Å². The molecule has 1 aromatic heterocycles. The molecule has 3 nitrogen and oxygen atoms in total. The molecular weight excluding hydrogens is 192 g/mol. The zero-order valence-electron chi connectivity index (χ0n) is 9.01. The summed E-state index contributed by atoms with van der Waals surface area (Å²) in [5, 5.41) is 8.84. The second-order valence-corrected chi connectivity index (χ2v) is 4.17. The van der Waals surface area contributed by atoms with E-state index in [9.17, 15) is 4.79 Å². The fourth-order valence-corrected chi connectivity index (χ4v) is 2.33. The van der Waals surface area contributed by atoms with E-state index in [1.807, 2.05) is 6.92 Å². The van der Waals surface area contributed by atoms with Crippen LogP contribution in [0.3, 0.4) is 0 Å². The number of rotatable bonds is 2. The van der Waals surface area contributed by atoms with Gasteiger partial charge in [-0.2, -0.15) is 0 Å². The second-order valence-electron chi connectivity index (χ2n) is 4.17. The molecule has 82 valence electrons. The zero-order valence-corrected chi connectivity index (χ0v) is 9.01. The molecule has 0 amide bonds. The van der Waals surface area contributed by atoms with Crippen molar-refractivity contribution in [2.24, 2.45) is 0 Å². The molecule has 0 aliphatic heterocycles. The molecule has 1 aliphatic carbocycles. The van der Waals surface area contributed by atoms with Gasteiger partial charge in [0.15, 0.2) is 0 Å². The lowest BCUT2D eigenvalue weighted by molar-refractivity contribution is -0.136. The molecule has 0 fully saturated rings. The minimum Gasteiger partial charge on any atom is -0.481 e. The van der Waals surface area contributed by atoms with Crippen molar-refractivity contribution in [1.29, 1.82) is 0 Å². The van der Waals surface area contributed by atoms with Crippen molar-refractivity contribution in [1.82, 2.24) is 0 Å². The number of carbonyl (C=O) groups is 1. The van der Waals surface area contributed by atoms with Gasteiger partial charge in [0.1, 0.15) is 11.5 Å². The van der Waals surface area contributed by atoms with Crippen molar-refractivity contribution in [3.8, 4) is 0 Å². The minimum absolute atomic E-state index is 0.102. The lowest BCUT2D eigenvalue weighted by Crippen LogP contribution is -2.03. The molecule has 3 heteroatoms. The average Bonchev–Trinajstić information content (AvgIpc) is 2.39. The Labute approximate surface area is 89.1 Å². The topological polar surface area (TPSA) is 50.4 Å². The van der Waals surface area contributed by atoms with Gasteiger partial charge in [-0.15, -0.1) is 0 Å². The largest absolute Gasteiger partial charge is 0.481 e. The van der Waals surface area contributed by atoms with Gasteiger partial charge in [0.25, 0.3) is 0 Å². The van der Waals surface area contributed by atoms with E-state index in [4.69, 9.17) is 9.52 Å². The third kappa shape index (κ3) is 2.06. The molecule has 0 bridgehead atoms. The molecule has 0 aromatic carbocycles. The van der Waals surface area contributed by atoms with Gasteiger partial charge in [-0.25, -0.2) is 0 Å². The van der Waals surface area contributed by atoms with Gasteiger partial charge in [-0.3, -0.25) is 4.79 Å². The summed E-state index contributed by atoms with van der Waals surface area (Å²) in [6.07, 6.45) is 5.58. The average molecular weight is 208 g/mol. The molecule has 0 atom stereocenters. The van der Waals surface area contributed by atoms with Crippen molar-refractivity contribution in [2.75, 3.05) is 0 Å². The van der Waals surface area contributed by atoms with E-state index >= 15 is 0 Å². The summed E-state index contributed by atoms with van der Waals surface area (Å²) in [5.74, 6) is 1.05. The monoisotopic (exact) mass is 208 g/mol. The summed E-state index contributed by atoms with van der Waals surface area (Å²) in [7, 11) is 0. The Balaban J connectivity index is 2.35. The molecule has 0 saturated heterocycles. The molecule has 0 spiro atoms. The van der Waals surface area contributed by atoms with E-state index in [1.54, 1.807) is 0 Å². The maximum absolute atomic E-state index is 10.7. The fourth-order valence-electron chi connectivity index (χ4n) is 2.33. The van der Waals surface area contributed by atoms with Crippen LogP contribution in [-0.4, -0.2) is 11.1 Å². The Morgan fingerprint density at radius 1 is 1.33 bits per heavy atom. The number of aryl methyl sites for hydroxylation is 2. The minimum atomic E-state index is -0.772. The van der Waals surface area contributed by atoms with Crippen molar-refractivity contribution >= 4 is 5.97 Å². The lowest BCUT2D eigenvalue weighted by Gasteiger charge is -2.00. The Kier molecular flexibility index (Phi) is 2.80. The maximum atomic E-state index is 10.7. The van der Waals surface area contributed by atoms with Crippen molar-refractivity contribution in [3.63, 3.8) is 0 Å². The SMILES string of the molecule is Cc1oc2c(c1CC(=O)O)CCCCC2. The number of hydrogen-bond donors (Lipinski definition) is 1. The highest BCUT2D eigenvalue weighted by Gasteiger charge is 2.20. The summed E-state index contributed by atoms with van der Waals surface area (Å²) in [5.41, 5.74) is 2.09. The van der Waals surface area contributed by atoms with Gasteiger partial charge in [0.2, 0.25) is 0 Å². The number of carboxylic acid groups (broad SMARTS) is 1. The highest BCUT2D eigenvalue weighted by atomic mass is 16.4. The van der Waals surface area contributed by atoms with E-state index in [0.29, 0.717) is 0 Å². The van der Waals surface area contributed by atoms with Crippen LogP contribution < -0.4 is 0 Å². The van der Waals surface area contributed by atoms with Crippen molar-refractivity contribution in [2.45, 2.75) is 45.4 Å². The first-order chi connectivity index (χ1) is 7.18. The van der Waals surface area contributed by atoms with Gasteiger partial charge in [0, 0.05) is 12.0 Å². The van der Waals surface area contributed by atoms with Crippen LogP contribution >= 0.6 is 0 Å². The van der Waals surface area contributed by atoms with E-state index in [1.165, 1.54) is 12.0 Å². The normalized spacial score (nSPS) is 15.8. The predicted octanol–water partition coefficient (Wildman–Crippen LogP) is 2.48. The summed E-state index contributed by atoms with van der Waals surface area (Å²) in [6.45, 7) is 1.87. The summed E-state index contributed by atoms with van der Waals surface area (Å²) >= 11 is 0. The van der Waals surface area contributed by atoms with Gasteiger partial charge >= 0.3 is 5.97 Å². The fraction of sp³-hybridized carbons (Fsp3) is 0.583. The van der Waals surface area contributed by atoms with Gasteiger partial charge in [-0.05, 0) is 31.7 Å². The van der Waals surface area contributed by atoms with Crippen LogP contribution in [0.25, 0.3) is 0 Å². The molecule has 15 heavy (non-hydrogen) atoms. The third-order valence-electron chi connectivity index (χ3n) is 3.06. The molecule has 0 radical (unpaired) electrons. The molecule has 0 saturated carbocycles. The Hall–Kier alpha value is -1.25. The highest BCUT2D eigenvalue weighted by molar-refractivity contribution is 5.71. The third-order valence-corrected chi connectivity index (χ3v) is 3.06. The molecule has 1 heterocycles. The van der Waals surface area contributed by atoms with E-state index in [-0.39, 0.29) is 6.42 Å². The van der Waals surface area contributed by atoms with Crippen LogP contribution in [0.2, 0.25) is 0 Å². The summed E-state index contributed by atoms with van der Waals surface area (Å²) in [4.78, 5) is 10.7. The molecular formula is C12H16O3. The number of aliphatic carboxylic acids is 1. The van der Waals surface area contributed by atoms with Gasteiger partial charge in [-0.1, -0.05) is 6.42 Å². The molecule has 1 N–H and O–H groups in total. The van der Waals surface area contributed by atoms with Crippen LogP contribution in [0.5, 0.6) is 0 Å². The first kappa shape index (κ1) is 10.3. The number of fused-ring (bicyclic) bond motifs is 1. The second kappa shape index (κ2) is 4.09. The highest BCUT2D eigenvalue weighted by Crippen LogP contribution is 2.29. The smallest absolute Gasteiger partial charge is 0.307 e. The number of hydrogen-bond acceptors (Lipinski definition) is 2. The van der Waals surface area contributed by atoms with Crippen LogP contribution in [0.1, 0.15) is 41.9 Å². The predicted molar refractivity (Wildman–Crippen MR) is 56.0 cm³/mol. The number of furan rings is 1. The summed E-state index contributed by atoms with van der Waals surface area (Å²) < 4.78 is 5.65. The zero-order chi connectivity index (χ0) is 10.8. The molecule has 2 rings (SSSR count). The van der Waals surface area contributed by atoms with Gasteiger partial charge < -0.3 is 9.52 Å². The van der Waals surface area contributed by atoms with Crippen LogP contribution in [0.4, 0.5) is 0 Å². The lowest BCUT2D eigenvalue weighted by atomic mass is 10.0. The van der Waals surface area contributed by atoms with Crippen LogP contribution in [0, 0.1) is 6.92 Å². The Bertz CT molecular complexity index is 376. The van der Waals surface area contributed by atoms with E-state index in [0.717, 1.165) is 42.8 Å². The quantitative estimate of drug-likeness (QED) is 0.759. The first-order valence-corrected chi connectivity index (χ1v) is 5.50. The standard InChI is InChI=1S/C12H16O3/c1-8-10(7-12(13)14)9-5-3-2-4-6-11(9)15-8/h2-7H2,1H3,(H,13,14). The first-order valence-electron chi connectivity index (χ1n) is 5.50. The van der Waals surface area contributed by atoms with Crippen LogP contribution in [-0.2, 0) is 24.1 Å². The van der Waals surface area contributed by atoms with E-state index in [2.05, 4.69) is 0 Å². The molecule has 1 aliphatic rings.